The van der Waals surface area contributed by atoms with E-state index in [0.29, 0.717) is 18.9 Å². The van der Waals surface area contributed by atoms with E-state index in [1.807, 2.05) is 48.5 Å². The maximum Gasteiger partial charge on any atom is 0.135 e. The molecule has 0 amide bonds. The number of para-hydroxylation sites is 1. The van der Waals surface area contributed by atoms with Crippen LogP contribution in [0.25, 0.3) is 0 Å². The van der Waals surface area contributed by atoms with Crippen LogP contribution in [-0.4, -0.2) is 13.2 Å². The molecule has 0 aliphatic heterocycles. The molecular formula is C15H16BrNO2. The molecule has 2 aromatic rings. The molecule has 0 bridgehead atoms. The van der Waals surface area contributed by atoms with Crippen molar-refractivity contribution < 1.29 is 9.47 Å². The first kappa shape index (κ1) is 13.7. The van der Waals surface area contributed by atoms with Crippen molar-refractivity contribution in [2.45, 2.75) is 6.42 Å². The molecule has 0 radical (unpaired) electrons. The Balaban J connectivity index is 1.71. The van der Waals surface area contributed by atoms with Gasteiger partial charge >= 0.3 is 0 Å². The summed E-state index contributed by atoms with van der Waals surface area (Å²) < 4.78 is 12.1. The van der Waals surface area contributed by atoms with Gasteiger partial charge in [0.05, 0.1) is 17.7 Å². The molecule has 100 valence electrons. The summed E-state index contributed by atoms with van der Waals surface area (Å²) in [7, 11) is 0. The number of rotatable bonds is 6. The van der Waals surface area contributed by atoms with Crippen molar-refractivity contribution in [1.82, 2.24) is 0 Å². The lowest BCUT2D eigenvalue weighted by atomic mass is 10.3. The summed E-state index contributed by atoms with van der Waals surface area (Å²) in [6.45, 7) is 1.22. The highest BCUT2D eigenvalue weighted by Crippen LogP contribution is 2.27. The predicted molar refractivity (Wildman–Crippen MR) is 80.6 cm³/mol. The molecule has 0 aromatic heterocycles. The van der Waals surface area contributed by atoms with Crippen LogP contribution >= 0.6 is 15.9 Å². The van der Waals surface area contributed by atoms with Crippen LogP contribution in [0.1, 0.15) is 6.42 Å². The van der Waals surface area contributed by atoms with Crippen molar-refractivity contribution in [2.24, 2.45) is 0 Å². The molecule has 0 saturated heterocycles. The zero-order valence-corrected chi connectivity index (χ0v) is 12.1. The molecule has 0 fully saturated rings. The maximum absolute atomic E-state index is 5.71. The summed E-state index contributed by atoms with van der Waals surface area (Å²) in [4.78, 5) is 0. The highest BCUT2D eigenvalue weighted by Gasteiger charge is 2.01. The van der Waals surface area contributed by atoms with Gasteiger partial charge < -0.3 is 15.2 Å². The average molecular weight is 322 g/mol. The maximum atomic E-state index is 5.71. The molecule has 2 aromatic carbocycles. The zero-order chi connectivity index (χ0) is 13.5. The Morgan fingerprint density at radius 2 is 1.68 bits per heavy atom. The summed E-state index contributed by atoms with van der Waals surface area (Å²) in [5.74, 6) is 1.65. The number of hydrogen-bond acceptors (Lipinski definition) is 3. The fraction of sp³-hybridized carbons (Fsp3) is 0.200. The second-order valence-electron chi connectivity index (χ2n) is 4.05. The lowest BCUT2D eigenvalue weighted by Gasteiger charge is -2.09. The molecule has 2 N–H and O–H groups in total. The number of halogens is 1. The van der Waals surface area contributed by atoms with Crippen LogP contribution in [0.3, 0.4) is 0 Å². The average Bonchev–Trinajstić information content (AvgIpc) is 2.43. The van der Waals surface area contributed by atoms with Crippen LogP contribution < -0.4 is 15.2 Å². The van der Waals surface area contributed by atoms with Crippen molar-refractivity contribution in [3.63, 3.8) is 0 Å². The molecule has 0 heterocycles. The first-order valence-electron chi connectivity index (χ1n) is 6.11. The number of nitrogen functional groups attached to an aromatic ring is 1. The molecule has 19 heavy (non-hydrogen) atoms. The highest BCUT2D eigenvalue weighted by atomic mass is 79.9. The molecule has 0 unspecified atom stereocenters. The third-order valence-corrected chi connectivity index (χ3v) is 3.17. The normalized spacial score (nSPS) is 10.2. The summed E-state index contributed by atoms with van der Waals surface area (Å²) in [6, 6.07) is 15.3. The van der Waals surface area contributed by atoms with E-state index in [1.165, 1.54) is 0 Å². The number of nitrogens with two attached hydrogens (primary N) is 1. The zero-order valence-electron chi connectivity index (χ0n) is 10.5. The Morgan fingerprint density at radius 3 is 2.47 bits per heavy atom. The van der Waals surface area contributed by atoms with E-state index >= 15 is 0 Å². The van der Waals surface area contributed by atoms with E-state index in [1.54, 1.807) is 0 Å². The van der Waals surface area contributed by atoms with Crippen LogP contribution in [0.4, 0.5) is 5.69 Å². The smallest absolute Gasteiger partial charge is 0.135 e. The minimum Gasteiger partial charge on any atom is -0.493 e. The van der Waals surface area contributed by atoms with Gasteiger partial charge in [0.15, 0.2) is 0 Å². The Morgan fingerprint density at radius 1 is 0.947 bits per heavy atom. The standard InChI is InChI=1S/C15H16BrNO2/c16-14-8-7-12(17)11-15(14)19-10-4-9-18-13-5-2-1-3-6-13/h1-3,5-8,11H,4,9-10,17H2. The number of ether oxygens (including phenoxy) is 2. The molecular weight excluding hydrogens is 306 g/mol. The summed E-state index contributed by atoms with van der Waals surface area (Å²) in [5.41, 5.74) is 6.40. The van der Waals surface area contributed by atoms with Gasteiger partial charge in [-0.3, -0.25) is 0 Å². The SMILES string of the molecule is Nc1ccc(Br)c(OCCCOc2ccccc2)c1. The minimum absolute atomic E-state index is 0.592. The first-order valence-corrected chi connectivity index (χ1v) is 6.90. The van der Waals surface area contributed by atoms with Gasteiger partial charge in [0.25, 0.3) is 0 Å². The minimum atomic E-state index is 0.592. The quantitative estimate of drug-likeness (QED) is 0.648. The van der Waals surface area contributed by atoms with E-state index in [0.717, 1.165) is 22.4 Å². The van der Waals surface area contributed by atoms with E-state index < -0.39 is 0 Å². The second-order valence-corrected chi connectivity index (χ2v) is 4.91. The molecule has 0 saturated carbocycles. The second kappa shape index (κ2) is 7.04. The fourth-order valence-corrected chi connectivity index (χ4v) is 1.94. The molecule has 0 aliphatic rings. The van der Waals surface area contributed by atoms with E-state index in [2.05, 4.69) is 15.9 Å². The summed E-state index contributed by atoms with van der Waals surface area (Å²) in [5, 5.41) is 0. The van der Waals surface area contributed by atoms with Crippen LogP contribution in [0.5, 0.6) is 11.5 Å². The first-order chi connectivity index (χ1) is 9.25. The highest BCUT2D eigenvalue weighted by molar-refractivity contribution is 9.10. The molecule has 4 heteroatoms. The van der Waals surface area contributed by atoms with E-state index in [4.69, 9.17) is 15.2 Å². The van der Waals surface area contributed by atoms with Gasteiger partial charge in [-0.15, -0.1) is 0 Å². The van der Waals surface area contributed by atoms with Gasteiger partial charge in [0.1, 0.15) is 11.5 Å². The lowest BCUT2D eigenvalue weighted by Crippen LogP contribution is -2.05. The van der Waals surface area contributed by atoms with E-state index in [-0.39, 0.29) is 0 Å². The lowest BCUT2D eigenvalue weighted by molar-refractivity contribution is 0.247. The molecule has 0 aliphatic carbocycles. The van der Waals surface area contributed by atoms with Gasteiger partial charge in [-0.25, -0.2) is 0 Å². The Bertz CT molecular complexity index is 517. The summed E-state index contributed by atoms with van der Waals surface area (Å²) in [6.07, 6.45) is 0.816. The van der Waals surface area contributed by atoms with Gasteiger partial charge in [0.2, 0.25) is 0 Å². The topological polar surface area (TPSA) is 44.5 Å². The van der Waals surface area contributed by atoms with Crippen molar-refractivity contribution in [2.75, 3.05) is 18.9 Å². The Kier molecular flexibility index (Phi) is 5.10. The van der Waals surface area contributed by atoms with Crippen molar-refractivity contribution in [1.29, 1.82) is 0 Å². The van der Waals surface area contributed by atoms with Crippen LogP contribution in [0.15, 0.2) is 53.0 Å². The van der Waals surface area contributed by atoms with E-state index in [9.17, 15) is 0 Å². The molecule has 0 spiro atoms. The predicted octanol–water partition coefficient (Wildman–Crippen LogP) is 3.88. The van der Waals surface area contributed by atoms with Gasteiger partial charge in [0, 0.05) is 18.2 Å². The van der Waals surface area contributed by atoms with Crippen LogP contribution in [0, 0.1) is 0 Å². The largest absolute Gasteiger partial charge is 0.493 e. The van der Waals surface area contributed by atoms with Crippen molar-refractivity contribution in [3.8, 4) is 11.5 Å². The fourth-order valence-electron chi connectivity index (χ4n) is 1.58. The monoisotopic (exact) mass is 321 g/mol. The molecule has 0 atom stereocenters. The van der Waals surface area contributed by atoms with Crippen LogP contribution in [0.2, 0.25) is 0 Å². The third kappa shape index (κ3) is 4.48. The third-order valence-electron chi connectivity index (χ3n) is 2.51. The Labute approximate surface area is 121 Å². The number of benzene rings is 2. The Hall–Kier alpha value is -1.68. The van der Waals surface area contributed by atoms with Gasteiger partial charge in [-0.05, 0) is 40.2 Å². The number of hydrogen-bond donors (Lipinski definition) is 1. The van der Waals surface area contributed by atoms with Gasteiger partial charge in [-0.1, -0.05) is 18.2 Å². The van der Waals surface area contributed by atoms with Crippen molar-refractivity contribution in [3.05, 3.63) is 53.0 Å². The van der Waals surface area contributed by atoms with Crippen LogP contribution in [-0.2, 0) is 0 Å². The van der Waals surface area contributed by atoms with Gasteiger partial charge in [-0.2, -0.15) is 0 Å². The number of anilines is 1. The molecule has 2 rings (SSSR count). The van der Waals surface area contributed by atoms with Crippen molar-refractivity contribution >= 4 is 21.6 Å². The summed E-state index contributed by atoms with van der Waals surface area (Å²) >= 11 is 3.42. The molecule has 3 nitrogen and oxygen atoms in total.